The first-order valence-corrected chi connectivity index (χ1v) is 5.87. The van der Waals surface area contributed by atoms with Gasteiger partial charge in [-0.3, -0.25) is 9.59 Å². The molecule has 0 aromatic carbocycles. The smallest absolute Gasteiger partial charge is 0.408 e. The summed E-state index contributed by atoms with van der Waals surface area (Å²) in [6.07, 6.45) is 0.646. The van der Waals surface area contributed by atoms with Crippen LogP contribution in [0, 0.1) is 5.92 Å². The van der Waals surface area contributed by atoms with Gasteiger partial charge in [-0.05, 0) is 12.8 Å². The lowest BCUT2D eigenvalue weighted by atomic mass is 10.0. The minimum Gasteiger partial charge on any atom is -0.480 e. The van der Waals surface area contributed by atoms with Crippen LogP contribution < -0.4 is 10.6 Å². The summed E-state index contributed by atoms with van der Waals surface area (Å²) in [7, 11) is 0. The van der Waals surface area contributed by atoms with Gasteiger partial charge in [-0.2, -0.15) is 0 Å². The Kier molecular flexibility index (Phi) is 7.25. The van der Waals surface area contributed by atoms with E-state index in [1.54, 1.807) is 13.8 Å². The van der Waals surface area contributed by atoms with E-state index in [0.717, 1.165) is 0 Å². The third-order valence-corrected chi connectivity index (χ3v) is 2.28. The highest BCUT2D eigenvalue weighted by molar-refractivity contribution is 5.89. The van der Waals surface area contributed by atoms with E-state index in [1.807, 2.05) is 0 Å². The lowest BCUT2D eigenvalue weighted by Gasteiger charge is -2.22. The van der Waals surface area contributed by atoms with E-state index in [-0.39, 0.29) is 12.5 Å². The van der Waals surface area contributed by atoms with Crippen molar-refractivity contribution in [2.24, 2.45) is 5.92 Å². The molecule has 0 unspecified atom stereocenters. The Morgan fingerprint density at radius 2 is 1.84 bits per heavy atom. The van der Waals surface area contributed by atoms with Crippen LogP contribution in [0.4, 0.5) is 4.79 Å². The third kappa shape index (κ3) is 6.44. The van der Waals surface area contributed by atoms with Gasteiger partial charge in [0.25, 0.3) is 0 Å². The van der Waals surface area contributed by atoms with Gasteiger partial charge in [0.05, 0.1) is 0 Å². The number of carboxylic acids is 1. The fraction of sp³-hybridized carbons (Fsp3) is 0.583. The van der Waals surface area contributed by atoms with Gasteiger partial charge in [-0.25, -0.2) is 4.79 Å². The van der Waals surface area contributed by atoms with Gasteiger partial charge in [0.1, 0.15) is 18.7 Å². The standard InChI is InChI=1S/C12H20N2O5/c1-5-6-19-12(18)14-9(7(2)3)10(15)13-8(4)11(16)17/h5,7-9H,1,6H2,2-4H3,(H,13,15)(H,14,18)(H,16,17)/t8-,9-/m0/s1. The van der Waals surface area contributed by atoms with Crippen LogP contribution in [0.3, 0.4) is 0 Å². The average molecular weight is 272 g/mol. The van der Waals surface area contributed by atoms with Crippen LogP contribution >= 0.6 is 0 Å². The van der Waals surface area contributed by atoms with Crippen LogP contribution in [0.1, 0.15) is 20.8 Å². The van der Waals surface area contributed by atoms with E-state index < -0.39 is 30.1 Å². The number of hydrogen-bond donors (Lipinski definition) is 3. The molecule has 2 atom stereocenters. The summed E-state index contributed by atoms with van der Waals surface area (Å²) in [6.45, 7) is 8.22. The first kappa shape index (κ1) is 16.9. The largest absolute Gasteiger partial charge is 0.480 e. The highest BCUT2D eigenvalue weighted by atomic mass is 16.5. The van der Waals surface area contributed by atoms with Gasteiger partial charge < -0.3 is 20.5 Å². The molecule has 0 saturated carbocycles. The molecule has 0 aromatic rings. The molecule has 0 radical (unpaired) electrons. The summed E-state index contributed by atoms with van der Waals surface area (Å²) >= 11 is 0. The molecule has 0 aliphatic heterocycles. The number of rotatable bonds is 7. The Labute approximate surface area is 112 Å². The summed E-state index contributed by atoms with van der Waals surface area (Å²) in [4.78, 5) is 33.9. The van der Waals surface area contributed by atoms with E-state index in [1.165, 1.54) is 13.0 Å². The fourth-order valence-electron chi connectivity index (χ4n) is 1.20. The van der Waals surface area contributed by atoms with Gasteiger partial charge in [0.2, 0.25) is 5.91 Å². The molecule has 2 amide bonds. The molecule has 0 saturated heterocycles. The van der Waals surface area contributed by atoms with E-state index in [0.29, 0.717) is 0 Å². The second kappa shape index (κ2) is 8.12. The molecule has 0 spiro atoms. The summed E-state index contributed by atoms with van der Waals surface area (Å²) in [6, 6.07) is -1.89. The van der Waals surface area contributed by atoms with Crippen LogP contribution in [0.2, 0.25) is 0 Å². The zero-order valence-electron chi connectivity index (χ0n) is 11.3. The van der Waals surface area contributed by atoms with Crippen LogP contribution in [0.15, 0.2) is 12.7 Å². The number of alkyl carbamates (subject to hydrolysis) is 1. The zero-order chi connectivity index (χ0) is 15.0. The minimum absolute atomic E-state index is 0.0315. The van der Waals surface area contributed by atoms with Crippen molar-refractivity contribution in [2.75, 3.05) is 6.61 Å². The maximum absolute atomic E-state index is 11.8. The number of nitrogens with one attached hydrogen (secondary N) is 2. The molecular weight excluding hydrogens is 252 g/mol. The number of carboxylic acid groups (broad SMARTS) is 1. The molecule has 7 heteroatoms. The monoisotopic (exact) mass is 272 g/mol. The molecule has 19 heavy (non-hydrogen) atoms. The molecule has 7 nitrogen and oxygen atoms in total. The summed E-state index contributed by atoms with van der Waals surface area (Å²) in [5.74, 6) is -1.93. The van der Waals surface area contributed by atoms with E-state index in [2.05, 4.69) is 17.2 Å². The molecule has 0 bridgehead atoms. The number of carbonyl (C=O) groups excluding carboxylic acids is 2. The predicted molar refractivity (Wildman–Crippen MR) is 68.5 cm³/mol. The Balaban J connectivity index is 4.55. The van der Waals surface area contributed by atoms with Crippen molar-refractivity contribution in [3.63, 3.8) is 0 Å². The molecule has 0 fully saturated rings. The van der Waals surface area contributed by atoms with Crippen molar-refractivity contribution in [1.29, 1.82) is 0 Å². The number of aliphatic carboxylic acids is 1. The van der Waals surface area contributed by atoms with E-state index >= 15 is 0 Å². The van der Waals surface area contributed by atoms with Crippen LogP contribution in [-0.2, 0) is 14.3 Å². The SMILES string of the molecule is C=CCOC(=O)N[C@H](C(=O)N[C@@H](C)C(=O)O)C(C)C. The number of amides is 2. The molecule has 0 rings (SSSR count). The minimum atomic E-state index is -1.15. The first-order chi connectivity index (χ1) is 8.79. The highest BCUT2D eigenvalue weighted by Gasteiger charge is 2.27. The third-order valence-electron chi connectivity index (χ3n) is 2.28. The van der Waals surface area contributed by atoms with E-state index in [9.17, 15) is 14.4 Å². The second-order valence-electron chi connectivity index (χ2n) is 4.32. The van der Waals surface area contributed by atoms with Gasteiger partial charge in [0, 0.05) is 0 Å². The van der Waals surface area contributed by atoms with Crippen molar-refractivity contribution in [3.8, 4) is 0 Å². The van der Waals surface area contributed by atoms with Gasteiger partial charge in [0.15, 0.2) is 0 Å². The topological polar surface area (TPSA) is 105 Å². The normalized spacial score (nSPS) is 13.3. The first-order valence-electron chi connectivity index (χ1n) is 5.87. The Morgan fingerprint density at radius 3 is 2.26 bits per heavy atom. The molecule has 0 aliphatic carbocycles. The number of carbonyl (C=O) groups is 3. The lowest BCUT2D eigenvalue weighted by Crippen LogP contribution is -2.53. The lowest BCUT2D eigenvalue weighted by molar-refractivity contribution is -0.141. The maximum atomic E-state index is 11.8. The molecule has 108 valence electrons. The van der Waals surface area contributed by atoms with Crippen LogP contribution in [-0.4, -0.2) is 41.8 Å². The molecule has 0 aromatic heterocycles. The summed E-state index contributed by atoms with van der Waals surface area (Å²) in [5.41, 5.74) is 0. The van der Waals surface area contributed by atoms with Crippen LogP contribution in [0.25, 0.3) is 0 Å². The second-order valence-corrected chi connectivity index (χ2v) is 4.32. The van der Waals surface area contributed by atoms with E-state index in [4.69, 9.17) is 9.84 Å². The van der Waals surface area contributed by atoms with Gasteiger partial charge >= 0.3 is 12.1 Å². The fourth-order valence-corrected chi connectivity index (χ4v) is 1.20. The Hall–Kier alpha value is -2.05. The zero-order valence-corrected chi connectivity index (χ0v) is 11.3. The Bertz CT molecular complexity index is 354. The van der Waals surface area contributed by atoms with Gasteiger partial charge in [-0.15, -0.1) is 0 Å². The van der Waals surface area contributed by atoms with Crippen LogP contribution in [0.5, 0.6) is 0 Å². The van der Waals surface area contributed by atoms with Gasteiger partial charge in [-0.1, -0.05) is 26.5 Å². The van der Waals surface area contributed by atoms with Crippen molar-refractivity contribution in [2.45, 2.75) is 32.9 Å². The molecule has 3 N–H and O–H groups in total. The maximum Gasteiger partial charge on any atom is 0.408 e. The van der Waals surface area contributed by atoms with Crippen molar-refractivity contribution in [3.05, 3.63) is 12.7 Å². The molecule has 0 aliphatic rings. The molecular formula is C12H20N2O5. The highest BCUT2D eigenvalue weighted by Crippen LogP contribution is 2.03. The number of hydrogen-bond acceptors (Lipinski definition) is 4. The Morgan fingerprint density at radius 1 is 1.26 bits per heavy atom. The van der Waals surface area contributed by atoms with Crippen molar-refractivity contribution in [1.82, 2.24) is 10.6 Å². The summed E-state index contributed by atoms with van der Waals surface area (Å²) < 4.78 is 4.71. The molecule has 0 heterocycles. The van der Waals surface area contributed by atoms with Crippen molar-refractivity contribution >= 4 is 18.0 Å². The summed E-state index contributed by atoms with van der Waals surface area (Å²) in [5, 5.41) is 13.4. The average Bonchev–Trinajstić information content (AvgIpc) is 2.32. The van der Waals surface area contributed by atoms with Crippen molar-refractivity contribution < 1.29 is 24.2 Å². The predicted octanol–water partition coefficient (Wildman–Crippen LogP) is 0.512. The number of ether oxygens (including phenoxy) is 1. The quantitative estimate of drug-likeness (QED) is 0.586.